The number of amides is 1. The predicted molar refractivity (Wildman–Crippen MR) is 64.3 cm³/mol. The first kappa shape index (κ1) is 14.8. The van der Waals surface area contributed by atoms with E-state index in [0.717, 1.165) is 12.8 Å². The molecule has 0 aromatic heterocycles. The molecule has 1 aliphatic carbocycles. The summed E-state index contributed by atoms with van der Waals surface area (Å²) in [6.07, 6.45) is 1.25. The van der Waals surface area contributed by atoms with E-state index in [1.54, 1.807) is 20.8 Å². The predicted octanol–water partition coefficient (Wildman–Crippen LogP) is 1.39. The first-order valence-electron chi connectivity index (χ1n) is 6.08. The summed E-state index contributed by atoms with van der Waals surface area (Å²) in [6, 6.07) is 0. The fourth-order valence-electron chi connectivity index (χ4n) is 1.70. The van der Waals surface area contributed by atoms with Gasteiger partial charge in [0.05, 0.1) is 6.10 Å². The van der Waals surface area contributed by atoms with Gasteiger partial charge in [-0.3, -0.25) is 0 Å². The van der Waals surface area contributed by atoms with Gasteiger partial charge in [-0.15, -0.1) is 0 Å². The lowest BCUT2D eigenvalue weighted by molar-refractivity contribution is -0.148. The van der Waals surface area contributed by atoms with E-state index in [0.29, 0.717) is 6.54 Å². The molecule has 0 aromatic rings. The van der Waals surface area contributed by atoms with Crippen molar-refractivity contribution in [2.75, 3.05) is 13.2 Å². The van der Waals surface area contributed by atoms with Crippen LogP contribution in [0.4, 0.5) is 4.79 Å². The molecule has 0 aromatic carbocycles. The maximum Gasteiger partial charge on any atom is 0.407 e. The highest BCUT2D eigenvalue weighted by Gasteiger charge is 2.32. The summed E-state index contributed by atoms with van der Waals surface area (Å²) in [5, 5.41) is 11.2. The molecule has 2 unspecified atom stereocenters. The Kier molecular flexibility index (Phi) is 4.95. The van der Waals surface area contributed by atoms with Crippen LogP contribution < -0.4 is 5.32 Å². The van der Waals surface area contributed by atoms with E-state index in [4.69, 9.17) is 14.6 Å². The van der Waals surface area contributed by atoms with Gasteiger partial charge in [0.15, 0.2) is 0 Å². The fourth-order valence-corrected chi connectivity index (χ4v) is 1.70. The first-order valence-corrected chi connectivity index (χ1v) is 6.08. The van der Waals surface area contributed by atoms with E-state index in [2.05, 4.69) is 5.32 Å². The molecular weight excluding hydrogens is 238 g/mol. The fraction of sp³-hybridized carbons (Fsp3) is 0.833. The molecule has 0 radical (unpaired) electrons. The molecule has 2 N–H and O–H groups in total. The largest absolute Gasteiger partial charge is 0.480 e. The van der Waals surface area contributed by atoms with Crippen molar-refractivity contribution in [3.05, 3.63) is 0 Å². The molecule has 1 aliphatic rings. The number of rotatable bonds is 5. The Labute approximate surface area is 107 Å². The Bertz CT molecular complexity index is 310. The van der Waals surface area contributed by atoms with Crippen LogP contribution in [0, 0.1) is 5.92 Å². The zero-order chi connectivity index (χ0) is 13.8. The molecule has 1 rings (SSSR count). The van der Waals surface area contributed by atoms with Crippen LogP contribution in [-0.2, 0) is 14.3 Å². The molecule has 0 aliphatic heterocycles. The maximum atomic E-state index is 11.4. The van der Waals surface area contributed by atoms with Gasteiger partial charge in [0.2, 0.25) is 0 Å². The molecule has 1 fully saturated rings. The first-order chi connectivity index (χ1) is 8.28. The monoisotopic (exact) mass is 259 g/mol. The number of carboxylic acid groups (broad SMARTS) is 1. The zero-order valence-corrected chi connectivity index (χ0v) is 11.1. The summed E-state index contributed by atoms with van der Waals surface area (Å²) in [5.74, 6) is -0.794. The molecule has 0 saturated heterocycles. The number of ether oxygens (including phenoxy) is 2. The second kappa shape index (κ2) is 6.04. The number of hydrogen-bond acceptors (Lipinski definition) is 4. The van der Waals surface area contributed by atoms with Gasteiger partial charge in [-0.25, -0.2) is 9.59 Å². The number of hydrogen-bond donors (Lipinski definition) is 2. The van der Waals surface area contributed by atoms with Gasteiger partial charge >= 0.3 is 12.1 Å². The zero-order valence-electron chi connectivity index (χ0n) is 11.1. The Hall–Kier alpha value is -1.30. The van der Waals surface area contributed by atoms with Crippen LogP contribution in [0.1, 0.15) is 33.6 Å². The van der Waals surface area contributed by atoms with Gasteiger partial charge in [0.1, 0.15) is 12.2 Å². The molecule has 0 spiro atoms. The van der Waals surface area contributed by atoms with Crippen molar-refractivity contribution in [1.29, 1.82) is 0 Å². The number of nitrogens with one attached hydrogen (secondary N) is 1. The molecular formula is C12H21NO5. The Morgan fingerprint density at radius 1 is 1.33 bits per heavy atom. The quantitative estimate of drug-likeness (QED) is 0.779. The number of carboxylic acids is 1. The van der Waals surface area contributed by atoms with Crippen LogP contribution in [0.15, 0.2) is 0 Å². The lowest BCUT2D eigenvalue weighted by atomic mass is 9.82. The highest BCUT2D eigenvalue weighted by molar-refractivity contribution is 5.68. The molecule has 1 saturated carbocycles. The van der Waals surface area contributed by atoms with Gasteiger partial charge in [-0.1, -0.05) is 0 Å². The molecule has 104 valence electrons. The molecule has 0 bridgehead atoms. The second-order valence-electron chi connectivity index (χ2n) is 5.46. The third kappa shape index (κ3) is 5.35. The summed E-state index contributed by atoms with van der Waals surface area (Å²) in [7, 11) is 0. The maximum absolute atomic E-state index is 11.4. The lowest BCUT2D eigenvalue weighted by Crippen LogP contribution is -2.44. The minimum absolute atomic E-state index is 0.0731. The normalized spacial score (nSPS) is 23.1. The van der Waals surface area contributed by atoms with Crippen molar-refractivity contribution in [3.63, 3.8) is 0 Å². The van der Waals surface area contributed by atoms with Crippen molar-refractivity contribution in [2.24, 2.45) is 5.92 Å². The van der Waals surface area contributed by atoms with Gasteiger partial charge < -0.3 is 19.9 Å². The summed E-state index contributed by atoms with van der Waals surface area (Å²) in [4.78, 5) is 21.8. The van der Waals surface area contributed by atoms with Crippen molar-refractivity contribution in [1.82, 2.24) is 5.32 Å². The van der Waals surface area contributed by atoms with Crippen LogP contribution in [0.2, 0.25) is 0 Å². The summed E-state index contributed by atoms with van der Waals surface area (Å²) in [6.45, 7) is 5.57. The molecule has 0 heterocycles. The number of carbonyl (C=O) groups is 2. The molecule has 6 nitrogen and oxygen atoms in total. The minimum Gasteiger partial charge on any atom is -0.480 e. The molecule has 1 amide bonds. The van der Waals surface area contributed by atoms with Crippen molar-refractivity contribution in [3.8, 4) is 0 Å². The Morgan fingerprint density at radius 2 is 2.00 bits per heavy atom. The number of aliphatic carboxylic acids is 1. The van der Waals surface area contributed by atoms with Gasteiger partial charge in [-0.2, -0.15) is 0 Å². The third-order valence-electron chi connectivity index (χ3n) is 2.68. The van der Waals surface area contributed by atoms with Gasteiger partial charge in [0.25, 0.3) is 0 Å². The van der Waals surface area contributed by atoms with Crippen LogP contribution in [0.3, 0.4) is 0 Å². The van der Waals surface area contributed by atoms with Crippen LogP contribution in [0.25, 0.3) is 0 Å². The third-order valence-corrected chi connectivity index (χ3v) is 2.68. The topological polar surface area (TPSA) is 84.9 Å². The summed E-state index contributed by atoms with van der Waals surface area (Å²) >= 11 is 0. The van der Waals surface area contributed by atoms with Gasteiger partial charge in [-0.05, 0) is 33.6 Å². The standard InChI is InChI=1S/C12H21NO5/c1-12(2,3)18-11(16)13-6-8-4-5-9(8)17-7-10(14)15/h8-9H,4-7H2,1-3H3,(H,13,16)(H,14,15). The SMILES string of the molecule is CC(C)(C)OC(=O)NCC1CCC1OCC(=O)O. The highest BCUT2D eigenvalue weighted by Crippen LogP contribution is 2.29. The van der Waals surface area contributed by atoms with Crippen molar-refractivity contribution < 1.29 is 24.2 Å². The van der Waals surface area contributed by atoms with E-state index in [1.165, 1.54) is 0 Å². The van der Waals surface area contributed by atoms with Crippen LogP contribution >= 0.6 is 0 Å². The average Bonchev–Trinajstić information content (AvgIpc) is 2.12. The van der Waals surface area contributed by atoms with Crippen LogP contribution in [0.5, 0.6) is 0 Å². The van der Waals surface area contributed by atoms with Crippen molar-refractivity contribution in [2.45, 2.75) is 45.3 Å². The highest BCUT2D eigenvalue weighted by atomic mass is 16.6. The van der Waals surface area contributed by atoms with Crippen molar-refractivity contribution >= 4 is 12.1 Å². The van der Waals surface area contributed by atoms with E-state index in [9.17, 15) is 9.59 Å². The molecule has 2 atom stereocenters. The van der Waals surface area contributed by atoms with E-state index < -0.39 is 17.7 Å². The average molecular weight is 259 g/mol. The number of carbonyl (C=O) groups excluding carboxylic acids is 1. The molecule has 18 heavy (non-hydrogen) atoms. The second-order valence-corrected chi connectivity index (χ2v) is 5.46. The van der Waals surface area contributed by atoms with E-state index in [1.807, 2.05) is 0 Å². The summed E-state index contributed by atoms with van der Waals surface area (Å²) < 4.78 is 10.3. The van der Waals surface area contributed by atoms with E-state index in [-0.39, 0.29) is 18.6 Å². The Morgan fingerprint density at radius 3 is 2.44 bits per heavy atom. The Balaban J connectivity index is 2.19. The van der Waals surface area contributed by atoms with E-state index >= 15 is 0 Å². The van der Waals surface area contributed by atoms with Crippen LogP contribution in [-0.4, -0.2) is 42.0 Å². The minimum atomic E-state index is -0.972. The number of alkyl carbamates (subject to hydrolysis) is 1. The smallest absolute Gasteiger partial charge is 0.407 e. The summed E-state index contributed by atoms with van der Waals surface area (Å²) in [5.41, 5.74) is -0.511. The van der Waals surface area contributed by atoms with Gasteiger partial charge in [0, 0.05) is 12.5 Å². The molecule has 6 heteroatoms. The lowest BCUT2D eigenvalue weighted by Gasteiger charge is -2.36.